The van der Waals surface area contributed by atoms with Crippen molar-refractivity contribution in [3.63, 3.8) is 0 Å². The fourth-order valence-corrected chi connectivity index (χ4v) is 1.73. The van der Waals surface area contributed by atoms with E-state index >= 15 is 0 Å². The fourth-order valence-electron chi connectivity index (χ4n) is 1.73. The van der Waals surface area contributed by atoms with E-state index in [4.69, 9.17) is 5.11 Å². The van der Waals surface area contributed by atoms with Crippen LogP contribution < -0.4 is 5.32 Å². The summed E-state index contributed by atoms with van der Waals surface area (Å²) in [6.07, 6.45) is 1.52. The molecule has 1 aromatic heterocycles. The van der Waals surface area contributed by atoms with Crippen LogP contribution in [0, 0.1) is 0 Å². The Balaban J connectivity index is 2.02. The van der Waals surface area contributed by atoms with Gasteiger partial charge in [-0.1, -0.05) is 12.1 Å². The number of carboxylic acid groups (broad SMARTS) is 1. The van der Waals surface area contributed by atoms with Crippen molar-refractivity contribution < 1.29 is 19.4 Å². The van der Waals surface area contributed by atoms with Crippen LogP contribution in [0.2, 0.25) is 0 Å². The normalized spacial score (nSPS) is 9.95. The number of ether oxygens (including phenoxy) is 1. The topological polar surface area (TPSA) is 88.5 Å². The molecule has 0 aliphatic carbocycles. The molecule has 0 amide bonds. The Morgan fingerprint density at radius 2 is 1.95 bits per heavy atom. The molecule has 0 radical (unpaired) electrons. The minimum atomic E-state index is -0.952. The first kappa shape index (κ1) is 14.5. The maximum atomic E-state index is 11.4. The molecule has 1 aromatic carbocycles. The summed E-state index contributed by atoms with van der Waals surface area (Å²) < 4.78 is 4.60. The first-order valence-corrected chi connectivity index (χ1v) is 6.20. The monoisotopic (exact) mass is 286 g/mol. The van der Waals surface area contributed by atoms with Gasteiger partial charge in [0, 0.05) is 18.4 Å². The van der Waals surface area contributed by atoms with Gasteiger partial charge in [-0.15, -0.1) is 0 Å². The van der Waals surface area contributed by atoms with Crippen LogP contribution in [0.4, 0.5) is 5.69 Å². The lowest BCUT2D eigenvalue weighted by molar-refractivity contribution is 0.0593. The third kappa shape index (κ3) is 3.79. The highest BCUT2D eigenvalue weighted by atomic mass is 16.5. The molecule has 0 spiro atoms. The first-order valence-electron chi connectivity index (χ1n) is 6.20. The van der Waals surface area contributed by atoms with Crippen molar-refractivity contribution in [1.82, 2.24) is 4.98 Å². The van der Waals surface area contributed by atoms with E-state index in [-0.39, 0.29) is 11.3 Å². The number of carbonyl (C=O) groups excluding carboxylic acids is 1. The molecular formula is C15H14N2O4. The summed E-state index contributed by atoms with van der Waals surface area (Å²) in [5, 5.41) is 12.0. The van der Waals surface area contributed by atoms with E-state index < -0.39 is 11.9 Å². The minimum absolute atomic E-state index is 0.226. The summed E-state index contributed by atoms with van der Waals surface area (Å²) in [5.41, 5.74) is 2.13. The summed E-state index contributed by atoms with van der Waals surface area (Å²) in [6.45, 7) is 0.504. The second kappa shape index (κ2) is 6.51. The van der Waals surface area contributed by atoms with Gasteiger partial charge in [0.1, 0.15) is 5.69 Å². The lowest BCUT2D eigenvalue weighted by atomic mass is 10.1. The molecule has 0 fully saturated rings. The predicted octanol–water partition coefficient (Wildman–Crippen LogP) is 2.18. The molecule has 108 valence electrons. The van der Waals surface area contributed by atoms with Gasteiger partial charge in [0.25, 0.3) is 0 Å². The van der Waals surface area contributed by atoms with Gasteiger partial charge in [0.05, 0.1) is 12.7 Å². The third-order valence-corrected chi connectivity index (χ3v) is 2.85. The van der Waals surface area contributed by atoms with Crippen LogP contribution in [0.3, 0.4) is 0 Å². The van der Waals surface area contributed by atoms with Crippen molar-refractivity contribution in [1.29, 1.82) is 0 Å². The van der Waals surface area contributed by atoms with Gasteiger partial charge >= 0.3 is 11.9 Å². The van der Waals surface area contributed by atoms with E-state index in [1.807, 2.05) is 0 Å². The Bertz CT molecular complexity index is 653. The molecule has 0 bridgehead atoms. The number of aromatic nitrogens is 1. The van der Waals surface area contributed by atoms with Gasteiger partial charge < -0.3 is 15.2 Å². The van der Waals surface area contributed by atoms with Crippen molar-refractivity contribution in [3.8, 4) is 0 Å². The molecule has 2 N–H and O–H groups in total. The molecular weight excluding hydrogens is 272 g/mol. The largest absolute Gasteiger partial charge is 0.478 e. The minimum Gasteiger partial charge on any atom is -0.478 e. The van der Waals surface area contributed by atoms with Gasteiger partial charge in [-0.05, 0) is 29.8 Å². The number of benzene rings is 1. The van der Waals surface area contributed by atoms with Gasteiger partial charge in [0.2, 0.25) is 0 Å². The molecule has 0 unspecified atom stereocenters. The van der Waals surface area contributed by atoms with Crippen LogP contribution >= 0.6 is 0 Å². The van der Waals surface area contributed by atoms with Crippen LogP contribution in [-0.2, 0) is 11.3 Å². The van der Waals surface area contributed by atoms with E-state index in [1.54, 1.807) is 36.4 Å². The Labute approximate surface area is 121 Å². The number of carbonyl (C=O) groups is 2. The van der Waals surface area contributed by atoms with Gasteiger partial charge in [0.15, 0.2) is 0 Å². The molecule has 6 heteroatoms. The number of pyridine rings is 1. The average Bonchev–Trinajstić information content (AvgIpc) is 2.52. The molecule has 0 aliphatic heterocycles. The highest BCUT2D eigenvalue weighted by molar-refractivity contribution is 5.88. The number of carboxylic acids is 1. The van der Waals surface area contributed by atoms with Gasteiger partial charge in [-0.3, -0.25) is 0 Å². The molecule has 1 heterocycles. The van der Waals surface area contributed by atoms with E-state index in [0.29, 0.717) is 6.54 Å². The SMILES string of the molecule is COC(=O)c1cc(NCc2ccc(C(=O)O)cc2)ccn1. The Morgan fingerprint density at radius 3 is 2.57 bits per heavy atom. The number of aromatic carboxylic acids is 1. The zero-order valence-electron chi connectivity index (χ0n) is 11.4. The molecule has 2 rings (SSSR count). The Kier molecular flexibility index (Phi) is 4.50. The highest BCUT2D eigenvalue weighted by Crippen LogP contribution is 2.11. The van der Waals surface area contributed by atoms with Gasteiger partial charge in [-0.25, -0.2) is 14.6 Å². The molecule has 6 nitrogen and oxygen atoms in total. The number of hydrogen-bond donors (Lipinski definition) is 2. The maximum Gasteiger partial charge on any atom is 0.356 e. The highest BCUT2D eigenvalue weighted by Gasteiger charge is 2.07. The molecule has 0 aliphatic rings. The average molecular weight is 286 g/mol. The number of anilines is 1. The smallest absolute Gasteiger partial charge is 0.356 e. The second-order valence-corrected chi connectivity index (χ2v) is 4.28. The molecule has 0 saturated heterocycles. The van der Waals surface area contributed by atoms with Crippen LogP contribution in [0.15, 0.2) is 42.6 Å². The molecule has 0 atom stereocenters. The van der Waals surface area contributed by atoms with E-state index in [9.17, 15) is 9.59 Å². The number of methoxy groups -OCH3 is 1. The first-order chi connectivity index (χ1) is 10.1. The summed E-state index contributed by atoms with van der Waals surface area (Å²) in [5.74, 6) is -1.45. The Morgan fingerprint density at radius 1 is 1.24 bits per heavy atom. The quantitative estimate of drug-likeness (QED) is 0.819. The van der Waals surface area contributed by atoms with Crippen LogP contribution in [0.25, 0.3) is 0 Å². The number of rotatable bonds is 5. The summed E-state index contributed by atoms with van der Waals surface area (Å²) >= 11 is 0. The predicted molar refractivity (Wildman–Crippen MR) is 76.3 cm³/mol. The van der Waals surface area contributed by atoms with Crippen molar-refractivity contribution in [2.75, 3.05) is 12.4 Å². The zero-order valence-corrected chi connectivity index (χ0v) is 11.4. The van der Waals surface area contributed by atoms with Crippen LogP contribution in [0.1, 0.15) is 26.4 Å². The summed E-state index contributed by atoms with van der Waals surface area (Å²) in [4.78, 5) is 26.0. The molecule has 0 saturated carbocycles. The van der Waals surface area contributed by atoms with Crippen molar-refractivity contribution in [2.45, 2.75) is 6.54 Å². The number of nitrogens with one attached hydrogen (secondary N) is 1. The summed E-state index contributed by atoms with van der Waals surface area (Å²) in [7, 11) is 1.30. The second-order valence-electron chi connectivity index (χ2n) is 4.28. The molecule has 2 aromatic rings. The third-order valence-electron chi connectivity index (χ3n) is 2.85. The lowest BCUT2D eigenvalue weighted by Gasteiger charge is -2.07. The Hall–Kier alpha value is -2.89. The zero-order chi connectivity index (χ0) is 15.2. The summed E-state index contributed by atoms with van der Waals surface area (Å²) in [6, 6.07) is 9.89. The lowest BCUT2D eigenvalue weighted by Crippen LogP contribution is -2.06. The molecule has 21 heavy (non-hydrogen) atoms. The maximum absolute atomic E-state index is 11.4. The van der Waals surface area contributed by atoms with Gasteiger partial charge in [-0.2, -0.15) is 0 Å². The van der Waals surface area contributed by atoms with Crippen molar-refractivity contribution in [2.24, 2.45) is 0 Å². The number of hydrogen-bond acceptors (Lipinski definition) is 5. The van der Waals surface area contributed by atoms with Crippen molar-refractivity contribution >= 4 is 17.6 Å². The van der Waals surface area contributed by atoms with E-state index in [2.05, 4.69) is 15.0 Å². The standard InChI is InChI=1S/C15H14N2O4/c1-21-15(20)13-8-12(6-7-16-13)17-9-10-2-4-11(5-3-10)14(18)19/h2-8H,9H2,1H3,(H,16,17)(H,18,19). The van der Waals surface area contributed by atoms with E-state index in [1.165, 1.54) is 13.3 Å². The van der Waals surface area contributed by atoms with Crippen LogP contribution in [0.5, 0.6) is 0 Å². The van der Waals surface area contributed by atoms with E-state index in [0.717, 1.165) is 11.3 Å². The number of esters is 1. The number of nitrogens with zero attached hydrogens (tertiary/aromatic N) is 1. The fraction of sp³-hybridized carbons (Fsp3) is 0.133. The van der Waals surface area contributed by atoms with Crippen molar-refractivity contribution in [3.05, 3.63) is 59.4 Å². The van der Waals surface area contributed by atoms with Crippen LogP contribution in [-0.4, -0.2) is 29.1 Å².